The van der Waals surface area contributed by atoms with Crippen molar-refractivity contribution in [1.29, 1.82) is 0 Å². The molecule has 1 amide bonds. The normalized spacial score (nSPS) is 18.8. The van der Waals surface area contributed by atoms with Crippen LogP contribution in [0.3, 0.4) is 0 Å². The van der Waals surface area contributed by atoms with Crippen molar-refractivity contribution >= 4 is 22.7 Å². The molecule has 1 heterocycles. The molecule has 3 aromatic carbocycles. The Bertz CT molecular complexity index is 1770. The molecule has 2 N–H and O–H groups in total. The molecule has 0 spiro atoms. The Morgan fingerprint density at radius 3 is 2.02 bits per heavy atom. The number of carbonyl (C=O) groups is 1. The van der Waals surface area contributed by atoms with E-state index in [4.69, 9.17) is 8.85 Å². The third-order valence-corrected chi connectivity index (χ3v) is 23.0. The molecule has 10 heteroatoms. The van der Waals surface area contributed by atoms with E-state index in [0.717, 1.165) is 45.5 Å². The minimum absolute atomic E-state index is 0.00997. The van der Waals surface area contributed by atoms with Crippen molar-refractivity contribution in [3.63, 3.8) is 0 Å². The predicted octanol–water partition coefficient (Wildman–Crippen LogP) is 11.8. The maximum absolute atomic E-state index is 15.2. The Hall–Kier alpha value is -2.90. The minimum atomic E-state index is -2.42. The lowest BCUT2D eigenvalue weighted by Gasteiger charge is -2.46. The highest BCUT2D eigenvalue weighted by molar-refractivity contribution is 6.77. The molecule has 1 aliphatic heterocycles. The first-order valence-electron chi connectivity index (χ1n) is 19.1. The second-order valence-corrected chi connectivity index (χ2v) is 28.0. The third-order valence-electron chi connectivity index (χ3n) is 12.5. The van der Waals surface area contributed by atoms with Gasteiger partial charge in [-0.3, -0.25) is 0 Å². The number of benzene rings is 3. The van der Waals surface area contributed by atoms with E-state index < -0.39 is 45.9 Å². The molecule has 1 fully saturated rings. The topological polar surface area (TPSA) is 79.2 Å². The minimum Gasteiger partial charge on any atom is -0.465 e. The van der Waals surface area contributed by atoms with Crippen LogP contribution in [0, 0.1) is 25.5 Å². The molecule has 292 valence electrons. The van der Waals surface area contributed by atoms with E-state index in [0.29, 0.717) is 12.2 Å². The molecule has 2 atom stereocenters. The summed E-state index contributed by atoms with van der Waals surface area (Å²) >= 11 is 0. The zero-order valence-corrected chi connectivity index (χ0v) is 36.3. The van der Waals surface area contributed by atoms with Gasteiger partial charge in [-0.05, 0) is 112 Å². The fourth-order valence-corrected chi connectivity index (χ4v) is 14.9. The first-order chi connectivity index (χ1) is 24.5. The number of hydrogen-bond donors (Lipinski definition) is 2. The molecule has 0 bridgehead atoms. The number of halogens is 2. The van der Waals surface area contributed by atoms with E-state index in [1.165, 1.54) is 4.90 Å². The Morgan fingerprint density at radius 1 is 0.887 bits per heavy atom. The van der Waals surface area contributed by atoms with Gasteiger partial charge in [0.05, 0.1) is 13.2 Å². The van der Waals surface area contributed by atoms with Gasteiger partial charge >= 0.3 is 6.09 Å². The molecule has 0 aromatic heterocycles. The fourth-order valence-electron chi connectivity index (χ4n) is 8.57. The fraction of sp³-hybridized carbons (Fsp3) is 0.558. The molecule has 53 heavy (non-hydrogen) atoms. The molecule has 3 aromatic rings. The first kappa shape index (κ1) is 42.8. The van der Waals surface area contributed by atoms with Crippen molar-refractivity contribution in [1.82, 2.24) is 4.90 Å². The number of aryl methyl sites for hydroxylation is 2. The van der Waals surface area contributed by atoms with Crippen LogP contribution in [0.5, 0.6) is 0 Å². The Balaban J connectivity index is 1.83. The molecule has 1 aliphatic rings. The second-order valence-electron chi connectivity index (χ2n) is 17.7. The van der Waals surface area contributed by atoms with Crippen LogP contribution < -0.4 is 0 Å². The molecule has 6 nitrogen and oxygen atoms in total. The second kappa shape index (κ2) is 16.1. The molecule has 0 saturated carbocycles. The maximum Gasteiger partial charge on any atom is 0.407 e. The van der Waals surface area contributed by atoms with Crippen molar-refractivity contribution < 1.29 is 32.6 Å². The number of amides is 1. The summed E-state index contributed by atoms with van der Waals surface area (Å²) in [6.45, 7) is 28.7. The van der Waals surface area contributed by atoms with Gasteiger partial charge in [-0.15, -0.1) is 0 Å². The number of rotatable bonds is 12. The number of nitrogens with zero attached hydrogens (tertiary/aromatic N) is 1. The highest BCUT2D eigenvalue weighted by atomic mass is 28.4. The molecular formula is C43H63F2NO5Si2. The van der Waals surface area contributed by atoms with Crippen molar-refractivity contribution in [2.45, 2.75) is 142 Å². The van der Waals surface area contributed by atoms with Crippen LogP contribution in [0.2, 0.25) is 34.8 Å². The summed E-state index contributed by atoms with van der Waals surface area (Å²) in [5, 5.41) is 23.0. The number of piperidine rings is 1. The van der Waals surface area contributed by atoms with Gasteiger partial charge in [0.15, 0.2) is 20.0 Å². The quantitative estimate of drug-likeness (QED) is 0.179. The van der Waals surface area contributed by atoms with Crippen LogP contribution >= 0.6 is 0 Å². The van der Waals surface area contributed by atoms with E-state index in [-0.39, 0.29) is 53.3 Å². The van der Waals surface area contributed by atoms with E-state index in [2.05, 4.69) is 101 Å². The third kappa shape index (κ3) is 8.52. The van der Waals surface area contributed by atoms with Crippen LogP contribution in [0.4, 0.5) is 13.6 Å². The zero-order chi connectivity index (χ0) is 39.8. The Kier molecular flexibility index (Phi) is 13.0. The van der Waals surface area contributed by atoms with Crippen molar-refractivity contribution in [3.8, 4) is 11.1 Å². The summed E-state index contributed by atoms with van der Waals surface area (Å²) in [6, 6.07) is 14.6. The average molecular weight is 768 g/mol. The Morgan fingerprint density at radius 2 is 1.47 bits per heavy atom. The SMILES string of the molecule is Cc1cc(-c2c(C)cccc2CO[Si](C)(C)C(C)(C)C)ccc1[C@H]1CN(C(=O)O)CC[C@]1(O)c1cc(F)c(F)cc1CO[Si](C(C)C)(C(C)C)C(C)C. The number of carboxylic acid groups (broad SMARTS) is 1. The monoisotopic (exact) mass is 767 g/mol. The largest absolute Gasteiger partial charge is 0.465 e. The standard InChI is InChI=1S/C43H63F2NO5Si2/c1-27(2)53(28(3)4,29(5)6)51-26-34-22-38(44)39(45)23-36(34)43(49)19-20-46(41(47)48)24-37(43)35-18-17-32(21-31(35)8)40-30(7)15-14-16-33(40)25-50-52(12,13)42(9,10)11/h14-18,21-23,27-29,37,49H,19-20,24-26H2,1-13H3,(H,47,48)/t37-,43+/m1/s1. The summed E-state index contributed by atoms with van der Waals surface area (Å²) in [5.74, 6) is -2.82. The van der Waals surface area contributed by atoms with E-state index >= 15 is 8.78 Å². The molecule has 0 radical (unpaired) electrons. The molecular weight excluding hydrogens is 705 g/mol. The molecule has 0 aliphatic carbocycles. The Labute approximate surface area is 319 Å². The van der Waals surface area contributed by atoms with Crippen LogP contribution in [-0.4, -0.2) is 50.9 Å². The maximum atomic E-state index is 15.2. The van der Waals surface area contributed by atoms with Gasteiger partial charge in [-0.1, -0.05) is 98.7 Å². The number of likely N-dealkylation sites (tertiary alicyclic amines) is 1. The van der Waals surface area contributed by atoms with Gasteiger partial charge in [0.1, 0.15) is 5.60 Å². The van der Waals surface area contributed by atoms with Gasteiger partial charge in [0.25, 0.3) is 0 Å². The van der Waals surface area contributed by atoms with Crippen molar-refractivity contribution in [2.24, 2.45) is 0 Å². The first-order valence-corrected chi connectivity index (χ1v) is 24.2. The molecule has 1 saturated heterocycles. The van der Waals surface area contributed by atoms with Gasteiger partial charge < -0.3 is 24.0 Å². The van der Waals surface area contributed by atoms with Crippen LogP contribution in [0.1, 0.15) is 108 Å². The average Bonchev–Trinajstić information content (AvgIpc) is 3.04. The number of hydrogen-bond acceptors (Lipinski definition) is 4. The van der Waals surface area contributed by atoms with Gasteiger partial charge in [0, 0.05) is 19.0 Å². The highest BCUT2D eigenvalue weighted by Crippen LogP contribution is 2.48. The van der Waals surface area contributed by atoms with E-state index in [9.17, 15) is 15.0 Å². The van der Waals surface area contributed by atoms with Crippen LogP contribution in [0.15, 0.2) is 48.5 Å². The molecule has 4 rings (SSSR count). The lowest BCUT2D eigenvalue weighted by Crippen LogP contribution is -2.51. The van der Waals surface area contributed by atoms with Crippen LogP contribution in [0.25, 0.3) is 11.1 Å². The summed E-state index contributed by atoms with van der Waals surface area (Å²) < 4.78 is 43.8. The van der Waals surface area contributed by atoms with Gasteiger partial charge in [-0.2, -0.15) is 0 Å². The lowest BCUT2D eigenvalue weighted by atomic mass is 9.70. The summed E-state index contributed by atoms with van der Waals surface area (Å²) in [4.78, 5) is 13.7. The smallest absolute Gasteiger partial charge is 0.407 e. The van der Waals surface area contributed by atoms with Gasteiger partial charge in [-0.25, -0.2) is 13.6 Å². The van der Waals surface area contributed by atoms with E-state index in [1.54, 1.807) is 0 Å². The predicted molar refractivity (Wildman–Crippen MR) is 216 cm³/mol. The van der Waals surface area contributed by atoms with E-state index in [1.807, 2.05) is 25.1 Å². The van der Waals surface area contributed by atoms with Crippen molar-refractivity contribution in [2.75, 3.05) is 13.1 Å². The van der Waals surface area contributed by atoms with Crippen LogP contribution in [-0.2, 0) is 27.7 Å². The zero-order valence-electron chi connectivity index (χ0n) is 34.3. The summed E-state index contributed by atoms with van der Waals surface area (Å²) in [7, 11) is -4.44. The summed E-state index contributed by atoms with van der Waals surface area (Å²) in [6.07, 6.45) is -1.08. The number of aliphatic hydroxyl groups is 1. The van der Waals surface area contributed by atoms with Gasteiger partial charge in [0.2, 0.25) is 8.32 Å². The van der Waals surface area contributed by atoms with Crippen molar-refractivity contribution in [3.05, 3.63) is 93.5 Å². The summed E-state index contributed by atoms with van der Waals surface area (Å²) in [5.41, 5.74) is 5.61. The molecule has 0 unspecified atom stereocenters. The lowest BCUT2D eigenvalue weighted by molar-refractivity contribution is -0.0437. The highest BCUT2D eigenvalue weighted by Gasteiger charge is 2.49.